The van der Waals surface area contributed by atoms with Crippen LogP contribution >= 0.6 is 15.9 Å². The van der Waals surface area contributed by atoms with E-state index in [2.05, 4.69) is 20.9 Å². The Morgan fingerprint density at radius 3 is 2.93 bits per heavy atom. The van der Waals surface area contributed by atoms with E-state index in [9.17, 15) is 4.39 Å². The van der Waals surface area contributed by atoms with E-state index >= 15 is 0 Å². The van der Waals surface area contributed by atoms with Crippen LogP contribution < -0.4 is 4.74 Å². The van der Waals surface area contributed by atoms with E-state index in [-0.39, 0.29) is 5.75 Å². The smallest absolute Gasteiger partial charge is 0.167 e. The Morgan fingerprint density at radius 2 is 2.21 bits per heavy atom. The molecule has 4 heteroatoms. The van der Waals surface area contributed by atoms with Crippen LogP contribution in [0.1, 0.15) is 0 Å². The van der Waals surface area contributed by atoms with Gasteiger partial charge >= 0.3 is 0 Å². The molecular weight excluding hydrogens is 249 g/mol. The zero-order valence-electron chi connectivity index (χ0n) is 7.42. The lowest BCUT2D eigenvalue weighted by Crippen LogP contribution is -1.89. The molecule has 2 rings (SSSR count). The van der Waals surface area contributed by atoms with Gasteiger partial charge in [-0.3, -0.25) is 4.98 Å². The minimum Gasteiger partial charge on any atom is -0.494 e. The van der Waals surface area contributed by atoms with Crippen LogP contribution in [0.3, 0.4) is 0 Å². The Kier molecular flexibility index (Phi) is 2.37. The molecule has 0 radical (unpaired) electrons. The maximum absolute atomic E-state index is 13.3. The highest BCUT2D eigenvalue weighted by molar-refractivity contribution is 9.10. The molecule has 14 heavy (non-hydrogen) atoms. The fourth-order valence-corrected chi connectivity index (χ4v) is 1.71. The predicted molar refractivity (Wildman–Crippen MR) is 56.0 cm³/mol. The Labute approximate surface area is 88.8 Å². The van der Waals surface area contributed by atoms with Gasteiger partial charge in [0.2, 0.25) is 0 Å². The molecule has 1 heterocycles. The number of aromatic nitrogens is 1. The molecule has 0 aliphatic heterocycles. The van der Waals surface area contributed by atoms with Gasteiger partial charge in [0.25, 0.3) is 0 Å². The number of nitrogens with zero attached hydrogens (tertiary/aromatic N) is 1. The second-order valence-electron chi connectivity index (χ2n) is 2.80. The number of benzene rings is 1. The molecule has 0 saturated carbocycles. The SMILES string of the molecule is COc1cc2c(Br)ccnc2cc1F. The van der Waals surface area contributed by atoms with E-state index in [1.54, 1.807) is 18.3 Å². The summed E-state index contributed by atoms with van der Waals surface area (Å²) in [6.07, 6.45) is 1.62. The van der Waals surface area contributed by atoms with Crippen molar-refractivity contribution in [3.8, 4) is 5.75 Å². The maximum Gasteiger partial charge on any atom is 0.167 e. The van der Waals surface area contributed by atoms with Crippen molar-refractivity contribution in [2.24, 2.45) is 0 Å². The lowest BCUT2D eigenvalue weighted by Gasteiger charge is -2.04. The van der Waals surface area contributed by atoms with E-state index in [4.69, 9.17) is 4.74 Å². The molecule has 1 aromatic carbocycles. The molecule has 0 saturated heterocycles. The fourth-order valence-electron chi connectivity index (χ4n) is 1.27. The third-order valence-electron chi connectivity index (χ3n) is 1.96. The number of methoxy groups -OCH3 is 1. The van der Waals surface area contributed by atoms with Gasteiger partial charge in [-0.15, -0.1) is 0 Å². The number of hydrogen-bond donors (Lipinski definition) is 0. The normalized spacial score (nSPS) is 10.5. The molecule has 0 spiro atoms. The monoisotopic (exact) mass is 255 g/mol. The van der Waals surface area contributed by atoms with Crippen molar-refractivity contribution in [2.45, 2.75) is 0 Å². The molecule has 0 aliphatic rings. The summed E-state index contributed by atoms with van der Waals surface area (Å²) in [6, 6.07) is 4.79. The second-order valence-corrected chi connectivity index (χ2v) is 3.65. The first-order valence-corrected chi connectivity index (χ1v) is 4.79. The van der Waals surface area contributed by atoms with Gasteiger partial charge in [0.05, 0.1) is 12.6 Å². The van der Waals surface area contributed by atoms with Crippen LogP contribution in [0.2, 0.25) is 0 Å². The Bertz CT molecular complexity index is 487. The molecule has 0 fully saturated rings. The Hall–Kier alpha value is -1.16. The molecule has 0 unspecified atom stereocenters. The number of hydrogen-bond acceptors (Lipinski definition) is 2. The van der Waals surface area contributed by atoms with Gasteiger partial charge < -0.3 is 4.74 Å². The molecule has 0 atom stereocenters. The molecule has 0 N–H and O–H groups in total. The summed E-state index contributed by atoms with van der Waals surface area (Å²) in [5.41, 5.74) is 0.609. The highest BCUT2D eigenvalue weighted by Crippen LogP contribution is 2.28. The largest absolute Gasteiger partial charge is 0.494 e. The Balaban J connectivity index is 2.80. The van der Waals surface area contributed by atoms with Crippen LogP contribution in [0.15, 0.2) is 28.9 Å². The van der Waals surface area contributed by atoms with Crippen molar-refractivity contribution in [3.05, 3.63) is 34.7 Å². The van der Waals surface area contributed by atoms with Crippen molar-refractivity contribution in [2.75, 3.05) is 7.11 Å². The van der Waals surface area contributed by atoms with Gasteiger partial charge in [-0.25, -0.2) is 4.39 Å². The van der Waals surface area contributed by atoms with Crippen LogP contribution in [0, 0.1) is 5.82 Å². The minimum absolute atomic E-state index is 0.228. The van der Waals surface area contributed by atoms with Crippen LogP contribution in [0.5, 0.6) is 5.75 Å². The highest BCUT2D eigenvalue weighted by atomic mass is 79.9. The Morgan fingerprint density at radius 1 is 1.43 bits per heavy atom. The molecule has 0 aliphatic carbocycles. The number of rotatable bonds is 1. The molecule has 0 amide bonds. The van der Waals surface area contributed by atoms with Gasteiger partial charge in [0, 0.05) is 22.1 Å². The molecular formula is C10H7BrFNO. The predicted octanol–water partition coefficient (Wildman–Crippen LogP) is 3.15. The summed E-state index contributed by atoms with van der Waals surface area (Å²) in [4.78, 5) is 4.05. The quantitative estimate of drug-likeness (QED) is 0.781. The van der Waals surface area contributed by atoms with E-state index in [0.717, 1.165) is 9.86 Å². The summed E-state index contributed by atoms with van der Waals surface area (Å²) in [7, 11) is 1.44. The topological polar surface area (TPSA) is 22.1 Å². The van der Waals surface area contributed by atoms with Gasteiger partial charge in [-0.1, -0.05) is 15.9 Å². The number of ether oxygens (including phenoxy) is 1. The average Bonchev–Trinajstić information content (AvgIpc) is 2.17. The number of pyridine rings is 1. The van der Waals surface area contributed by atoms with E-state index in [0.29, 0.717) is 5.52 Å². The van der Waals surface area contributed by atoms with Gasteiger partial charge in [0.1, 0.15) is 0 Å². The van der Waals surface area contributed by atoms with Crippen molar-refractivity contribution in [3.63, 3.8) is 0 Å². The maximum atomic E-state index is 13.3. The number of halogens is 2. The number of fused-ring (bicyclic) bond motifs is 1. The minimum atomic E-state index is -0.398. The van der Waals surface area contributed by atoms with Crippen molar-refractivity contribution in [1.82, 2.24) is 4.98 Å². The third-order valence-corrected chi connectivity index (χ3v) is 2.65. The lowest BCUT2D eigenvalue weighted by molar-refractivity contribution is 0.387. The zero-order chi connectivity index (χ0) is 10.1. The van der Waals surface area contributed by atoms with E-state index < -0.39 is 5.82 Å². The third kappa shape index (κ3) is 1.46. The summed E-state index contributed by atoms with van der Waals surface area (Å²) >= 11 is 3.37. The van der Waals surface area contributed by atoms with Crippen LogP contribution in [-0.2, 0) is 0 Å². The van der Waals surface area contributed by atoms with Gasteiger partial charge in [0.15, 0.2) is 11.6 Å². The molecule has 0 bridgehead atoms. The molecule has 2 aromatic rings. The summed E-state index contributed by atoms with van der Waals surface area (Å²) < 4.78 is 19.0. The first-order valence-electron chi connectivity index (χ1n) is 4.00. The summed E-state index contributed by atoms with van der Waals surface area (Å²) in [5.74, 6) is -0.170. The van der Waals surface area contributed by atoms with Crippen molar-refractivity contribution in [1.29, 1.82) is 0 Å². The zero-order valence-corrected chi connectivity index (χ0v) is 9.01. The fraction of sp³-hybridized carbons (Fsp3) is 0.100. The summed E-state index contributed by atoms with van der Waals surface area (Å²) in [5, 5.41) is 0.839. The van der Waals surface area contributed by atoms with Crippen molar-refractivity contribution < 1.29 is 9.13 Å². The summed E-state index contributed by atoms with van der Waals surface area (Å²) in [6.45, 7) is 0. The highest BCUT2D eigenvalue weighted by Gasteiger charge is 2.07. The van der Waals surface area contributed by atoms with Crippen molar-refractivity contribution >= 4 is 26.8 Å². The standard InChI is InChI=1S/C10H7BrFNO/c1-14-10-4-6-7(11)2-3-13-9(6)5-8(10)12/h2-5H,1H3. The van der Waals surface area contributed by atoms with E-state index in [1.807, 2.05) is 0 Å². The molecule has 2 nitrogen and oxygen atoms in total. The van der Waals surface area contributed by atoms with Crippen LogP contribution in [-0.4, -0.2) is 12.1 Å². The first kappa shape index (κ1) is 9.40. The van der Waals surface area contributed by atoms with Gasteiger partial charge in [-0.2, -0.15) is 0 Å². The van der Waals surface area contributed by atoms with Crippen LogP contribution in [0.25, 0.3) is 10.9 Å². The molecule has 1 aromatic heterocycles. The van der Waals surface area contributed by atoms with E-state index in [1.165, 1.54) is 13.2 Å². The van der Waals surface area contributed by atoms with Crippen LogP contribution in [0.4, 0.5) is 4.39 Å². The second kappa shape index (κ2) is 3.53. The van der Waals surface area contributed by atoms with Gasteiger partial charge in [-0.05, 0) is 12.1 Å². The lowest BCUT2D eigenvalue weighted by atomic mass is 10.2. The first-order chi connectivity index (χ1) is 6.72. The molecule has 72 valence electrons. The average molecular weight is 256 g/mol.